The fourth-order valence-corrected chi connectivity index (χ4v) is 3.71. The number of amides is 1. The molecule has 0 aromatic carbocycles. The first-order valence-electron chi connectivity index (χ1n) is 7.98. The second-order valence-corrected chi connectivity index (χ2v) is 7.43. The standard InChI is InChI=1S/C16H30N2O2/c1-16(2,3)12-7-5-6-8-13(12)18-15(19)14-9-11(20-4)10-17-14/h11-14,17H,5-10H2,1-4H3,(H,18,19). The molecule has 0 aromatic rings. The molecule has 0 bridgehead atoms. The molecule has 0 aromatic heterocycles. The van der Waals surface area contributed by atoms with Crippen LogP contribution >= 0.6 is 0 Å². The highest BCUT2D eigenvalue weighted by Gasteiger charge is 2.37. The third-order valence-corrected chi connectivity index (χ3v) is 4.95. The molecule has 1 saturated heterocycles. The lowest BCUT2D eigenvalue weighted by Crippen LogP contribution is -2.51. The third kappa shape index (κ3) is 3.73. The maximum atomic E-state index is 12.4. The minimum Gasteiger partial charge on any atom is -0.380 e. The van der Waals surface area contributed by atoms with Crippen molar-refractivity contribution >= 4 is 5.91 Å². The molecule has 4 nitrogen and oxygen atoms in total. The molecule has 2 aliphatic rings. The van der Waals surface area contributed by atoms with E-state index in [1.165, 1.54) is 19.3 Å². The summed E-state index contributed by atoms with van der Waals surface area (Å²) in [4.78, 5) is 12.4. The minimum atomic E-state index is -0.0810. The Hall–Kier alpha value is -0.610. The zero-order valence-corrected chi connectivity index (χ0v) is 13.4. The van der Waals surface area contributed by atoms with Gasteiger partial charge in [0.05, 0.1) is 12.1 Å². The summed E-state index contributed by atoms with van der Waals surface area (Å²) in [5.41, 5.74) is 0.260. The number of nitrogens with one attached hydrogen (secondary N) is 2. The summed E-state index contributed by atoms with van der Waals surface area (Å²) in [6, 6.07) is 0.252. The van der Waals surface area contributed by atoms with Crippen molar-refractivity contribution in [2.24, 2.45) is 11.3 Å². The Balaban J connectivity index is 1.92. The summed E-state index contributed by atoms with van der Waals surface area (Å²) in [7, 11) is 1.71. The Morgan fingerprint density at radius 2 is 1.95 bits per heavy atom. The Labute approximate surface area is 123 Å². The van der Waals surface area contributed by atoms with Crippen molar-refractivity contribution in [1.82, 2.24) is 10.6 Å². The molecule has 4 atom stereocenters. The van der Waals surface area contributed by atoms with Gasteiger partial charge in [0.25, 0.3) is 0 Å². The first-order chi connectivity index (χ1) is 9.41. The Kier molecular flexibility index (Phi) is 5.08. The number of methoxy groups -OCH3 is 1. The highest BCUT2D eigenvalue weighted by molar-refractivity contribution is 5.82. The summed E-state index contributed by atoms with van der Waals surface area (Å²) in [6.07, 6.45) is 5.84. The van der Waals surface area contributed by atoms with E-state index in [4.69, 9.17) is 4.74 Å². The van der Waals surface area contributed by atoms with Gasteiger partial charge in [0.15, 0.2) is 0 Å². The summed E-state index contributed by atoms with van der Waals surface area (Å²) >= 11 is 0. The first kappa shape index (κ1) is 15.8. The van der Waals surface area contributed by atoms with Crippen molar-refractivity contribution in [1.29, 1.82) is 0 Å². The molecule has 2 N–H and O–H groups in total. The first-order valence-corrected chi connectivity index (χ1v) is 7.98. The molecule has 2 fully saturated rings. The summed E-state index contributed by atoms with van der Waals surface area (Å²) in [5, 5.41) is 6.57. The van der Waals surface area contributed by atoms with Gasteiger partial charge in [0, 0.05) is 19.7 Å². The minimum absolute atomic E-state index is 0.0810. The van der Waals surface area contributed by atoms with Gasteiger partial charge in [-0.15, -0.1) is 0 Å². The van der Waals surface area contributed by atoms with Gasteiger partial charge < -0.3 is 15.4 Å². The smallest absolute Gasteiger partial charge is 0.237 e. The normalized spacial score (nSPS) is 35.0. The van der Waals surface area contributed by atoms with Crippen LogP contribution in [0.5, 0.6) is 0 Å². The summed E-state index contributed by atoms with van der Waals surface area (Å²) in [5.74, 6) is 0.741. The van der Waals surface area contributed by atoms with Crippen molar-refractivity contribution in [3.8, 4) is 0 Å². The van der Waals surface area contributed by atoms with E-state index in [-0.39, 0.29) is 23.5 Å². The van der Waals surface area contributed by atoms with Crippen molar-refractivity contribution in [2.45, 2.75) is 71.1 Å². The average Bonchev–Trinajstić information content (AvgIpc) is 2.87. The lowest BCUT2D eigenvalue weighted by atomic mass is 9.69. The van der Waals surface area contributed by atoms with E-state index in [1.807, 2.05) is 0 Å². The van der Waals surface area contributed by atoms with Crippen molar-refractivity contribution in [3.63, 3.8) is 0 Å². The van der Waals surface area contributed by atoms with Crippen LogP contribution in [-0.2, 0) is 9.53 Å². The van der Waals surface area contributed by atoms with E-state index in [2.05, 4.69) is 31.4 Å². The Morgan fingerprint density at radius 1 is 1.25 bits per heavy atom. The predicted octanol–water partition coefficient (Wildman–Crippen LogP) is 2.08. The van der Waals surface area contributed by atoms with Crippen molar-refractivity contribution < 1.29 is 9.53 Å². The van der Waals surface area contributed by atoms with Crippen LogP contribution in [0, 0.1) is 11.3 Å². The maximum absolute atomic E-state index is 12.4. The molecular weight excluding hydrogens is 252 g/mol. The molecule has 4 unspecified atom stereocenters. The van der Waals surface area contributed by atoms with Crippen LogP contribution in [0.25, 0.3) is 0 Å². The fraction of sp³-hybridized carbons (Fsp3) is 0.938. The van der Waals surface area contributed by atoms with E-state index in [0.717, 1.165) is 19.4 Å². The van der Waals surface area contributed by atoms with Gasteiger partial charge in [-0.1, -0.05) is 33.6 Å². The van der Waals surface area contributed by atoms with Gasteiger partial charge in [0.2, 0.25) is 5.91 Å². The monoisotopic (exact) mass is 282 g/mol. The number of hydrogen-bond donors (Lipinski definition) is 2. The predicted molar refractivity (Wildman–Crippen MR) is 80.5 cm³/mol. The zero-order valence-electron chi connectivity index (χ0n) is 13.4. The molecule has 1 aliphatic heterocycles. The van der Waals surface area contributed by atoms with E-state index < -0.39 is 0 Å². The number of ether oxygens (including phenoxy) is 1. The Bertz CT molecular complexity index is 338. The molecule has 0 spiro atoms. The summed E-state index contributed by atoms with van der Waals surface area (Å²) < 4.78 is 5.31. The molecule has 116 valence electrons. The SMILES string of the molecule is COC1CNC(C(=O)NC2CCCCC2C(C)(C)C)C1. The maximum Gasteiger partial charge on any atom is 0.237 e. The van der Waals surface area contributed by atoms with E-state index in [1.54, 1.807) is 7.11 Å². The van der Waals surface area contributed by atoms with Crippen molar-refractivity contribution in [2.75, 3.05) is 13.7 Å². The molecule has 2 rings (SSSR count). The van der Waals surface area contributed by atoms with Crippen LogP contribution in [0.15, 0.2) is 0 Å². The number of carbonyl (C=O) groups is 1. The molecule has 4 heteroatoms. The lowest BCUT2D eigenvalue weighted by molar-refractivity contribution is -0.124. The summed E-state index contributed by atoms with van der Waals surface area (Å²) in [6.45, 7) is 7.65. The molecule has 1 saturated carbocycles. The van der Waals surface area contributed by atoms with E-state index in [0.29, 0.717) is 12.0 Å². The second-order valence-electron chi connectivity index (χ2n) is 7.43. The zero-order chi connectivity index (χ0) is 14.8. The van der Waals surface area contributed by atoms with Gasteiger partial charge in [-0.3, -0.25) is 4.79 Å². The third-order valence-electron chi connectivity index (χ3n) is 4.95. The van der Waals surface area contributed by atoms with Gasteiger partial charge >= 0.3 is 0 Å². The van der Waals surface area contributed by atoms with Gasteiger partial charge in [-0.05, 0) is 30.6 Å². The highest BCUT2D eigenvalue weighted by atomic mass is 16.5. The van der Waals surface area contributed by atoms with Crippen molar-refractivity contribution in [3.05, 3.63) is 0 Å². The topological polar surface area (TPSA) is 50.4 Å². The van der Waals surface area contributed by atoms with Crippen LogP contribution in [-0.4, -0.2) is 37.7 Å². The van der Waals surface area contributed by atoms with Crippen LogP contribution < -0.4 is 10.6 Å². The number of carbonyl (C=O) groups excluding carboxylic acids is 1. The molecular formula is C16H30N2O2. The molecule has 1 aliphatic carbocycles. The highest BCUT2D eigenvalue weighted by Crippen LogP contribution is 2.38. The number of rotatable bonds is 3. The largest absolute Gasteiger partial charge is 0.380 e. The molecule has 20 heavy (non-hydrogen) atoms. The number of hydrogen-bond acceptors (Lipinski definition) is 3. The van der Waals surface area contributed by atoms with E-state index >= 15 is 0 Å². The Morgan fingerprint density at radius 3 is 2.55 bits per heavy atom. The molecule has 1 heterocycles. The quantitative estimate of drug-likeness (QED) is 0.833. The fourth-order valence-electron chi connectivity index (χ4n) is 3.71. The van der Waals surface area contributed by atoms with Crippen LogP contribution in [0.1, 0.15) is 52.9 Å². The van der Waals surface area contributed by atoms with E-state index in [9.17, 15) is 4.79 Å². The van der Waals surface area contributed by atoms with Crippen LogP contribution in [0.2, 0.25) is 0 Å². The molecule has 1 amide bonds. The lowest BCUT2D eigenvalue weighted by Gasteiger charge is -2.41. The van der Waals surface area contributed by atoms with Crippen LogP contribution in [0.4, 0.5) is 0 Å². The van der Waals surface area contributed by atoms with Gasteiger partial charge in [-0.2, -0.15) is 0 Å². The average molecular weight is 282 g/mol. The second kappa shape index (κ2) is 6.44. The van der Waals surface area contributed by atoms with Gasteiger partial charge in [-0.25, -0.2) is 0 Å². The molecule has 0 radical (unpaired) electrons. The van der Waals surface area contributed by atoms with Crippen LogP contribution in [0.3, 0.4) is 0 Å². The van der Waals surface area contributed by atoms with Gasteiger partial charge in [0.1, 0.15) is 0 Å².